The second-order valence-electron chi connectivity index (χ2n) is 10.7. The van der Waals surface area contributed by atoms with E-state index in [2.05, 4.69) is 36.1 Å². The molecule has 4 fully saturated rings. The number of carbonyl (C=O) groups is 1. The first-order valence-electron chi connectivity index (χ1n) is 11.9. The minimum Gasteiger partial charge on any atom is -0.342 e. The lowest BCUT2D eigenvalue weighted by Crippen LogP contribution is -2.51. The molecule has 1 amide bonds. The molecule has 4 aliphatic heterocycles. The number of hydrazine groups is 1. The first-order valence-corrected chi connectivity index (χ1v) is 13.7. The molecule has 4 aliphatic rings. The Bertz CT molecular complexity index is 727. The van der Waals surface area contributed by atoms with E-state index in [1.807, 2.05) is 0 Å². The second kappa shape index (κ2) is 8.68. The largest absolute Gasteiger partial charge is 0.342 e. The normalized spacial score (nSPS) is 39.8. The quantitative estimate of drug-likeness (QED) is 0.724. The summed E-state index contributed by atoms with van der Waals surface area (Å²) in [6.45, 7) is 10.8. The van der Waals surface area contributed by atoms with Crippen molar-refractivity contribution in [2.45, 2.75) is 65.0 Å². The van der Waals surface area contributed by atoms with E-state index in [9.17, 15) is 13.2 Å². The van der Waals surface area contributed by atoms with Gasteiger partial charge < -0.3 is 4.90 Å². The highest BCUT2D eigenvalue weighted by molar-refractivity contribution is 7.88. The van der Waals surface area contributed by atoms with Gasteiger partial charge in [0, 0.05) is 44.8 Å². The van der Waals surface area contributed by atoms with E-state index < -0.39 is 10.0 Å². The minimum atomic E-state index is -3.08. The molecule has 30 heavy (non-hydrogen) atoms. The third-order valence-corrected chi connectivity index (χ3v) is 9.41. The average molecular weight is 441 g/mol. The molecule has 0 bridgehead atoms. The Morgan fingerprint density at radius 2 is 1.50 bits per heavy atom. The zero-order chi connectivity index (χ0) is 21.6. The van der Waals surface area contributed by atoms with Crippen molar-refractivity contribution in [3.05, 3.63) is 0 Å². The van der Waals surface area contributed by atoms with E-state index in [0.29, 0.717) is 42.7 Å². The van der Waals surface area contributed by atoms with Gasteiger partial charge in [-0.05, 0) is 62.7 Å². The van der Waals surface area contributed by atoms with Gasteiger partial charge in [0.05, 0.1) is 12.2 Å². The highest BCUT2D eigenvalue weighted by atomic mass is 32.2. The van der Waals surface area contributed by atoms with E-state index in [0.717, 1.165) is 45.3 Å². The van der Waals surface area contributed by atoms with Gasteiger partial charge in [-0.3, -0.25) is 10.2 Å². The maximum atomic E-state index is 13.6. The number of rotatable bonds is 3. The van der Waals surface area contributed by atoms with Crippen molar-refractivity contribution in [3.8, 4) is 0 Å². The Hall–Kier alpha value is -0.700. The van der Waals surface area contributed by atoms with Crippen LogP contribution in [0.4, 0.5) is 0 Å². The van der Waals surface area contributed by atoms with Gasteiger partial charge in [-0.2, -0.15) is 0 Å². The van der Waals surface area contributed by atoms with E-state index in [4.69, 9.17) is 0 Å². The molecule has 0 radical (unpaired) electrons. The summed E-state index contributed by atoms with van der Waals surface area (Å²) in [5.74, 6) is 2.70. The Kier molecular flexibility index (Phi) is 6.51. The number of sulfonamides is 1. The summed E-state index contributed by atoms with van der Waals surface area (Å²) in [5, 5.41) is 2.34. The molecule has 7 nitrogen and oxygen atoms in total. The van der Waals surface area contributed by atoms with Crippen molar-refractivity contribution in [2.24, 2.45) is 29.6 Å². The molecule has 172 valence electrons. The molecule has 1 N–H and O–H groups in total. The van der Waals surface area contributed by atoms with Gasteiger partial charge in [-0.15, -0.1) is 0 Å². The summed E-state index contributed by atoms with van der Waals surface area (Å²) in [4.78, 5) is 15.7. The number of hydrogen-bond donors (Lipinski definition) is 1. The predicted octanol–water partition coefficient (Wildman–Crippen LogP) is 1.77. The van der Waals surface area contributed by atoms with Crippen LogP contribution in [0.1, 0.15) is 52.9 Å². The summed E-state index contributed by atoms with van der Waals surface area (Å²) in [7, 11) is -3.08. The molecule has 4 heterocycles. The Labute approximate surface area is 182 Å². The molecule has 0 aliphatic carbocycles. The van der Waals surface area contributed by atoms with Gasteiger partial charge >= 0.3 is 0 Å². The fourth-order valence-electron chi connectivity index (χ4n) is 6.74. The van der Waals surface area contributed by atoms with Crippen LogP contribution < -0.4 is 5.43 Å². The number of amides is 1. The molecule has 8 heteroatoms. The lowest BCUT2D eigenvalue weighted by Gasteiger charge is -2.43. The van der Waals surface area contributed by atoms with Crippen molar-refractivity contribution in [3.63, 3.8) is 0 Å². The van der Waals surface area contributed by atoms with Crippen molar-refractivity contribution >= 4 is 15.9 Å². The molecule has 0 spiro atoms. The maximum Gasteiger partial charge on any atom is 0.228 e. The number of nitrogens with one attached hydrogen (secondary N) is 1. The molecular weight excluding hydrogens is 400 g/mol. The van der Waals surface area contributed by atoms with E-state index in [1.54, 1.807) is 4.31 Å². The van der Waals surface area contributed by atoms with Crippen LogP contribution >= 0.6 is 0 Å². The lowest BCUT2D eigenvalue weighted by atomic mass is 9.74. The van der Waals surface area contributed by atoms with Crippen LogP contribution in [0.3, 0.4) is 0 Å². The van der Waals surface area contributed by atoms with Crippen molar-refractivity contribution in [1.82, 2.24) is 19.6 Å². The summed E-state index contributed by atoms with van der Waals surface area (Å²) >= 11 is 0. The monoisotopic (exact) mass is 440 g/mol. The molecule has 4 saturated heterocycles. The molecular formula is C22H40N4O3S. The predicted molar refractivity (Wildman–Crippen MR) is 118 cm³/mol. The van der Waals surface area contributed by atoms with E-state index in [-0.39, 0.29) is 18.0 Å². The fraction of sp³-hybridized carbons (Fsp3) is 0.955. The molecule has 0 aromatic heterocycles. The van der Waals surface area contributed by atoms with Crippen molar-refractivity contribution in [1.29, 1.82) is 0 Å². The summed E-state index contributed by atoms with van der Waals surface area (Å²) in [5.41, 5.74) is 3.60. The Morgan fingerprint density at radius 1 is 0.900 bits per heavy atom. The minimum absolute atomic E-state index is 0.0291. The van der Waals surface area contributed by atoms with Crippen molar-refractivity contribution < 1.29 is 13.2 Å². The SMILES string of the molecule is CC1CC(C)CN(C(=O)C2C(C)NN3CCC(C4CCN(S(C)(=O)=O)CC4)CC23)C1. The molecule has 0 aromatic carbocycles. The average Bonchev–Trinajstić information content (AvgIpc) is 3.01. The number of carbonyl (C=O) groups excluding carboxylic acids is 1. The topological polar surface area (TPSA) is 73.0 Å². The first kappa shape index (κ1) is 22.5. The zero-order valence-electron chi connectivity index (χ0n) is 19.1. The Balaban J connectivity index is 1.41. The number of nitrogens with zero attached hydrogens (tertiary/aromatic N) is 3. The highest BCUT2D eigenvalue weighted by Gasteiger charge is 2.49. The lowest BCUT2D eigenvalue weighted by molar-refractivity contribution is -0.140. The van der Waals surface area contributed by atoms with Crippen molar-refractivity contribution in [2.75, 3.05) is 39.0 Å². The van der Waals surface area contributed by atoms with E-state index in [1.165, 1.54) is 12.7 Å². The molecule has 0 aromatic rings. The van der Waals surface area contributed by atoms with Crippen LogP contribution in [0.15, 0.2) is 0 Å². The zero-order valence-corrected chi connectivity index (χ0v) is 19.9. The molecule has 6 atom stereocenters. The molecule has 4 rings (SSSR count). The number of hydrogen-bond acceptors (Lipinski definition) is 5. The molecule has 0 saturated carbocycles. The van der Waals surface area contributed by atoms with E-state index >= 15 is 0 Å². The standard InChI is InChI=1S/C22H40N4O3S/c1-15-11-16(2)14-24(13-15)22(27)21-17(3)23-26-10-7-19(12-20(21)26)18-5-8-25(9-6-18)30(4,28)29/h15-21,23H,5-14H2,1-4H3. The number of fused-ring (bicyclic) bond motifs is 1. The van der Waals surface area contributed by atoms with Crippen LogP contribution in [0, 0.1) is 29.6 Å². The van der Waals surface area contributed by atoms with Gasteiger partial charge in [-0.1, -0.05) is 13.8 Å². The summed E-state index contributed by atoms with van der Waals surface area (Å²) < 4.78 is 25.3. The second-order valence-corrected chi connectivity index (χ2v) is 12.7. The maximum absolute atomic E-state index is 13.6. The Morgan fingerprint density at radius 3 is 2.10 bits per heavy atom. The number of piperidine rings is 3. The molecule has 6 unspecified atom stereocenters. The van der Waals surface area contributed by atoms with Crippen LogP contribution in [0.2, 0.25) is 0 Å². The first-order chi connectivity index (χ1) is 14.1. The van der Waals surface area contributed by atoms with Crippen LogP contribution in [0.5, 0.6) is 0 Å². The fourth-order valence-corrected chi connectivity index (χ4v) is 7.62. The van der Waals surface area contributed by atoms with Gasteiger partial charge in [-0.25, -0.2) is 17.7 Å². The summed E-state index contributed by atoms with van der Waals surface area (Å²) in [6, 6.07) is 0.451. The van der Waals surface area contributed by atoms with Gasteiger partial charge in [0.2, 0.25) is 15.9 Å². The van der Waals surface area contributed by atoms with Gasteiger partial charge in [0.25, 0.3) is 0 Å². The van der Waals surface area contributed by atoms with Crippen LogP contribution in [-0.2, 0) is 14.8 Å². The number of likely N-dealkylation sites (tertiary alicyclic amines) is 1. The van der Waals surface area contributed by atoms with Crippen LogP contribution in [-0.4, -0.2) is 79.6 Å². The summed E-state index contributed by atoms with van der Waals surface area (Å²) in [6.07, 6.45) is 6.62. The van der Waals surface area contributed by atoms with Crippen LogP contribution in [0.25, 0.3) is 0 Å². The smallest absolute Gasteiger partial charge is 0.228 e. The van der Waals surface area contributed by atoms with Gasteiger partial charge in [0.1, 0.15) is 0 Å². The van der Waals surface area contributed by atoms with Gasteiger partial charge in [0.15, 0.2) is 0 Å². The highest BCUT2D eigenvalue weighted by Crippen LogP contribution is 2.40. The third kappa shape index (κ3) is 4.57. The third-order valence-electron chi connectivity index (χ3n) is 8.11.